The van der Waals surface area contributed by atoms with Gasteiger partial charge in [-0.3, -0.25) is 14.5 Å². The number of rotatable bonds is 7. The van der Waals surface area contributed by atoms with Crippen LogP contribution in [0.3, 0.4) is 0 Å². The number of thioether (sulfide) groups is 1. The zero-order chi connectivity index (χ0) is 24.9. The third-order valence-corrected chi connectivity index (χ3v) is 7.13. The van der Waals surface area contributed by atoms with Gasteiger partial charge in [0.2, 0.25) is 0 Å². The van der Waals surface area contributed by atoms with Crippen LogP contribution in [0.1, 0.15) is 23.6 Å². The smallest absolute Gasteiger partial charge is 0.270 e. The van der Waals surface area contributed by atoms with Crippen LogP contribution >= 0.6 is 35.6 Å². The molecule has 1 aliphatic heterocycles. The number of nitrogens with one attached hydrogen (secondary N) is 1. The predicted octanol–water partition coefficient (Wildman–Crippen LogP) is 6.63. The molecule has 1 aliphatic rings. The van der Waals surface area contributed by atoms with Crippen LogP contribution in [0.2, 0.25) is 5.02 Å². The van der Waals surface area contributed by atoms with Gasteiger partial charge in [0.25, 0.3) is 11.8 Å². The molecule has 0 spiro atoms. The molecule has 0 atom stereocenters. The minimum atomic E-state index is -0.318. The minimum Gasteiger partial charge on any atom is -0.483 e. The highest BCUT2D eigenvalue weighted by molar-refractivity contribution is 8.27. The maximum Gasteiger partial charge on any atom is 0.270 e. The Bertz CT molecular complexity index is 1320. The number of carbonyl (C=O) groups excluding carboxylic acids is 2. The highest BCUT2D eigenvalue weighted by Crippen LogP contribution is 2.37. The molecule has 1 heterocycles. The van der Waals surface area contributed by atoms with Gasteiger partial charge in [-0.25, -0.2) is 0 Å². The number of ether oxygens (including phenoxy) is 1. The van der Waals surface area contributed by atoms with Gasteiger partial charge in [0.15, 0.2) is 10.9 Å². The normalized spacial score (nSPS) is 14.5. The van der Waals surface area contributed by atoms with Crippen molar-refractivity contribution in [3.63, 3.8) is 0 Å². The van der Waals surface area contributed by atoms with Crippen molar-refractivity contribution in [3.05, 3.63) is 93.3 Å². The number of amides is 2. The number of anilines is 2. The Kier molecular flexibility index (Phi) is 7.90. The van der Waals surface area contributed by atoms with E-state index in [1.165, 1.54) is 22.2 Å². The van der Waals surface area contributed by atoms with Crippen LogP contribution in [-0.4, -0.2) is 22.7 Å². The molecule has 35 heavy (non-hydrogen) atoms. The van der Waals surface area contributed by atoms with Crippen molar-refractivity contribution >= 4 is 69.2 Å². The number of carbonyl (C=O) groups is 2. The lowest BCUT2D eigenvalue weighted by atomic mass is 10.1. The molecule has 0 unspecified atom stereocenters. The fourth-order valence-electron chi connectivity index (χ4n) is 3.45. The van der Waals surface area contributed by atoms with Gasteiger partial charge in [-0.15, -0.1) is 0 Å². The molecule has 0 bridgehead atoms. The van der Waals surface area contributed by atoms with Crippen molar-refractivity contribution in [2.24, 2.45) is 0 Å². The second kappa shape index (κ2) is 11.1. The van der Waals surface area contributed by atoms with Crippen LogP contribution in [0.5, 0.6) is 5.75 Å². The van der Waals surface area contributed by atoms with Crippen LogP contribution in [-0.2, 0) is 16.0 Å². The number of halogens is 1. The first kappa shape index (κ1) is 25.0. The largest absolute Gasteiger partial charge is 0.483 e. The summed E-state index contributed by atoms with van der Waals surface area (Å²) < 4.78 is 6.25. The molecule has 1 fully saturated rings. The van der Waals surface area contributed by atoms with Crippen molar-refractivity contribution < 1.29 is 14.3 Å². The summed E-state index contributed by atoms with van der Waals surface area (Å²) in [4.78, 5) is 27.6. The van der Waals surface area contributed by atoms with Gasteiger partial charge in [0.1, 0.15) is 5.75 Å². The number of aryl methyl sites for hydroxylation is 2. The third-order valence-electron chi connectivity index (χ3n) is 5.42. The predicted molar refractivity (Wildman–Crippen MR) is 148 cm³/mol. The zero-order valence-corrected chi connectivity index (χ0v) is 21.6. The van der Waals surface area contributed by atoms with Crippen molar-refractivity contribution in [1.82, 2.24) is 0 Å². The minimum absolute atomic E-state index is 0.187. The second-order valence-electron chi connectivity index (χ2n) is 7.88. The molecule has 1 saturated heterocycles. The van der Waals surface area contributed by atoms with Gasteiger partial charge >= 0.3 is 0 Å². The van der Waals surface area contributed by atoms with E-state index >= 15 is 0 Å². The molecule has 2 amide bonds. The summed E-state index contributed by atoms with van der Waals surface area (Å²) in [6, 6.07) is 20.4. The number of thiocarbonyl (C=S) groups is 1. The molecular weight excluding hydrogens is 500 g/mol. The number of hydrogen-bond acceptors (Lipinski definition) is 5. The van der Waals surface area contributed by atoms with Crippen LogP contribution < -0.4 is 15.0 Å². The quantitative estimate of drug-likeness (QED) is 0.278. The molecule has 8 heteroatoms. The number of hydrogen-bond donors (Lipinski definition) is 1. The molecule has 1 N–H and O–H groups in total. The van der Waals surface area contributed by atoms with Gasteiger partial charge in [-0.2, -0.15) is 0 Å². The molecule has 4 rings (SSSR count). The van der Waals surface area contributed by atoms with Crippen LogP contribution in [0, 0.1) is 6.92 Å². The van der Waals surface area contributed by atoms with Crippen molar-refractivity contribution in [2.75, 3.05) is 16.8 Å². The topological polar surface area (TPSA) is 58.6 Å². The summed E-state index contributed by atoms with van der Waals surface area (Å²) in [5, 5.41) is 3.35. The molecule has 5 nitrogen and oxygen atoms in total. The first-order valence-electron chi connectivity index (χ1n) is 11.0. The SMILES string of the molecule is CCc1ccc(N2C(=O)/C(=C/c3ccccc3OCC(=O)Nc3ccc(C)c(Cl)c3)SC2=S)cc1. The summed E-state index contributed by atoms with van der Waals surface area (Å²) in [5.74, 6) is -0.0169. The Morgan fingerprint density at radius 1 is 1.14 bits per heavy atom. The standard InChI is InChI=1S/C27H23ClN2O3S2/c1-3-18-9-12-21(13-10-18)30-26(32)24(35-27(30)34)14-19-6-4-5-7-23(19)33-16-25(31)29-20-11-8-17(2)22(28)15-20/h4-15H,3,16H2,1-2H3,(H,29,31)/b24-14-. The number of para-hydroxylation sites is 1. The number of nitrogens with zero attached hydrogens (tertiary/aromatic N) is 1. The van der Waals surface area contributed by atoms with Crippen LogP contribution in [0.15, 0.2) is 71.6 Å². The summed E-state index contributed by atoms with van der Waals surface area (Å²) in [6.07, 6.45) is 2.67. The van der Waals surface area contributed by atoms with E-state index < -0.39 is 0 Å². The van der Waals surface area contributed by atoms with Crippen molar-refractivity contribution in [2.45, 2.75) is 20.3 Å². The lowest BCUT2D eigenvalue weighted by Gasteiger charge is -2.14. The van der Waals surface area contributed by atoms with Gasteiger partial charge in [0, 0.05) is 16.3 Å². The third kappa shape index (κ3) is 5.93. The Morgan fingerprint density at radius 3 is 2.60 bits per heavy atom. The average Bonchev–Trinajstić information content (AvgIpc) is 3.13. The zero-order valence-electron chi connectivity index (χ0n) is 19.2. The maximum atomic E-state index is 13.1. The van der Waals surface area contributed by atoms with Crippen molar-refractivity contribution in [3.8, 4) is 5.75 Å². The first-order chi connectivity index (χ1) is 16.9. The molecular formula is C27H23ClN2O3S2. The second-order valence-corrected chi connectivity index (χ2v) is 9.96. The maximum absolute atomic E-state index is 13.1. The summed E-state index contributed by atoms with van der Waals surface area (Å²) in [7, 11) is 0. The van der Waals surface area contributed by atoms with E-state index in [9.17, 15) is 9.59 Å². The monoisotopic (exact) mass is 522 g/mol. The van der Waals surface area contributed by atoms with E-state index in [0.717, 1.165) is 17.7 Å². The highest BCUT2D eigenvalue weighted by atomic mass is 35.5. The Labute approximate surface area is 219 Å². The summed E-state index contributed by atoms with van der Waals surface area (Å²) in [5.41, 5.74) is 4.14. The van der Waals surface area contributed by atoms with E-state index in [4.69, 9.17) is 28.6 Å². The molecule has 0 radical (unpaired) electrons. The fourth-order valence-corrected chi connectivity index (χ4v) is 4.92. The number of benzene rings is 3. The lowest BCUT2D eigenvalue weighted by Crippen LogP contribution is -2.27. The molecule has 3 aromatic carbocycles. The molecule has 0 aromatic heterocycles. The molecule has 178 valence electrons. The molecule has 3 aromatic rings. The summed E-state index contributed by atoms with van der Waals surface area (Å²) in [6.45, 7) is 3.78. The van der Waals surface area contributed by atoms with Crippen LogP contribution in [0.25, 0.3) is 6.08 Å². The van der Waals surface area contributed by atoms with E-state index in [0.29, 0.717) is 31.2 Å². The lowest BCUT2D eigenvalue weighted by molar-refractivity contribution is -0.118. The van der Waals surface area contributed by atoms with Gasteiger partial charge in [0.05, 0.1) is 10.6 Å². The van der Waals surface area contributed by atoms with Gasteiger partial charge < -0.3 is 10.1 Å². The van der Waals surface area contributed by atoms with E-state index in [1.807, 2.05) is 55.5 Å². The van der Waals surface area contributed by atoms with E-state index in [1.54, 1.807) is 24.3 Å². The molecule has 0 aliphatic carbocycles. The van der Waals surface area contributed by atoms with Crippen LogP contribution in [0.4, 0.5) is 11.4 Å². The Balaban J connectivity index is 1.47. The molecule has 0 saturated carbocycles. The fraction of sp³-hybridized carbons (Fsp3) is 0.148. The average molecular weight is 523 g/mol. The first-order valence-corrected chi connectivity index (χ1v) is 12.6. The van der Waals surface area contributed by atoms with Crippen molar-refractivity contribution in [1.29, 1.82) is 0 Å². The van der Waals surface area contributed by atoms with E-state index in [-0.39, 0.29) is 18.4 Å². The Hall–Kier alpha value is -3.13. The van der Waals surface area contributed by atoms with Gasteiger partial charge in [-0.1, -0.05) is 78.9 Å². The van der Waals surface area contributed by atoms with E-state index in [2.05, 4.69) is 12.2 Å². The Morgan fingerprint density at radius 2 is 1.89 bits per heavy atom. The van der Waals surface area contributed by atoms with Gasteiger partial charge in [-0.05, 0) is 60.9 Å². The summed E-state index contributed by atoms with van der Waals surface area (Å²) >= 11 is 12.9. The highest BCUT2D eigenvalue weighted by Gasteiger charge is 2.33.